The standard InChI is InChI=1S/C10HF21O.C2H4O2/c11-1(12,3(15,16)5(19,20)7(23,24)9(27,28)29)2(13,14)4(17,18)6(21,22)8(25,26)10(30,31)32;1-2(3)4/h32H;1H3,(H,3,4). The first-order chi connectivity index (χ1) is 15.0. The highest BCUT2D eigenvalue weighted by Gasteiger charge is 2.97. The molecule has 218 valence electrons. The molecular weight excluding hydrogens is 591 g/mol. The van der Waals surface area contributed by atoms with E-state index in [1.54, 1.807) is 0 Å². The van der Waals surface area contributed by atoms with Gasteiger partial charge in [-0.2, -0.15) is 92.2 Å². The summed E-state index contributed by atoms with van der Waals surface area (Å²) < 4.78 is 266. The molecule has 0 aromatic carbocycles. The zero-order valence-corrected chi connectivity index (χ0v) is 15.7. The van der Waals surface area contributed by atoms with Crippen LogP contribution in [0.1, 0.15) is 6.92 Å². The van der Waals surface area contributed by atoms with Crippen molar-refractivity contribution in [3.8, 4) is 0 Å². The van der Waals surface area contributed by atoms with Crippen LogP contribution in [0.15, 0.2) is 0 Å². The molecule has 0 bridgehead atoms. The van der Waals surface area contributed by atoms with Crippen molar-refractivity contribution < 1.29 is 107 Å². The van der Waals surface area contributed by atoms with Crippen molar-refractivity contribution in [1.29, 1.82) is 0 Å². The molecule has 36 heavy (non-hydrogen) atoms. The summed E-state index contributed by atoms with van der Waals surface area (Å²) in [6.45, 7) is 1.08. The molecule has 0 aromatic rings. The molecule has 0 fully saturated rings. The van der Waals surface area contributed by atoms with Gasteiger partial charge in [0.25, 0.3) is 5.97 Å². The van der Waals surface area contributed by atoms with Crippen molar-refractivity contribution >= 4 is 5.97 Å². The van der Waals surface area contributed by atoms with Gasteiger partial charge in [0, 0.05) is 6.92 Å². The lowest BCUT2D eigenvalue weighted by molar-refractivity contribution is -0.482. The number of halogens is 21. The average molecular weight is 596 g/mol. The van der Waals surface area contributed by atoms with Crippen LogP contribution in [0.5, 0.6) is 0 Å². The minimum absolute atomic E-state index is 0.833. The number of carbonyl (C=O) groups is 1. The largest absolute Gasteiger partial charge is 0.481 e. The predicted molar refractivity (Wildman–Crippen MR) is 66.1 cm³/mol. The van der Waals surface area contributed by atoms with E-state index in [2.05, 4.69) is 0 Å². The van der Waals surface area contributed by atoms with Crippen molar-refractivity contribution in [2.24, 2.45) is 0 Å². The molecule has 0 amide bonds. The van der Waals surface area contributed by atoms with Gasteiger partial charge in [-0.3, -0.25) is 4.79 Å². The molecule has 0 rings (SSSR count). The third-order valence-electron chi connectivity index (χ3n) is 3.49. The van der Waals surface area contributed by atoms with E-state index in [4.69, 9.17) is 15.0 Å². The number of carboxylic acids is 1. The Balaban J connectivity index is 0. The number of aliphatic hydroxyl groups is 1. The molecule has 0 spiro atoms. The zero-order chi connectivity index (χ0) is 30.6. The van der Waals surface area contributed by atoms with E-state index in [0.717, 1.165) is 6.92 Å². The number of aliphatic carboxylic acids is 1. The molecule has 24 heteroatoms. The van der Waals surface area contributed by atoms with E-state index in [9.17, 15) is 92.2 Å². The monoisotopic (exact) mass is 596 g/mol. The highest BCUT2D eigenvalue weighted by Crippen LogP contribution is 2.65. The maximum absolute atomic E-state index is 13.1. The number of carboxylic acid groups (broad SMARTS) is 1. The first kappa shape index (κ1) is 36.1. The van der Waals surface area contributed by atoms with Gasteiger partial charge in [0.1, 0.15) is 0 Å². The summed E-state index contributed by atoms with van der Waals surface area (Å²) >= 11 is 0. The van der Waals surface area contributed by atoms with Gasteiger partial charge in [-0.25, -0.2) is 0 Å². The Morgan fingerprint density at radius 3 is 0.694 bits per heavy atom. The second-order valence-electron chi connectivity index (χ2n) is 6.15. The van der Waals surface area contributed by atoms with Crippen LogP contribution in [0.3, 0.4) is 0 Å². The van der Waals surface area contributed by atoms with Gasteiger partial charge in [0.05, 0.1) is 0 Å². The Kier molecular flexibility index (Phi) is 9.09. The van der Waals surface area contributed by atoms with Crippen molar-refractivity contribution in [2.45, 2.75) is 66.6 Å². The summed E-state index contributed by atoms with van der Waals surface area (Å²) in [5.41, 5.74) is 0. The lowest BCUT2D eigenvalue weighted by Crippen LogP contribution is -2.76. The van der Waals surface area contributed by atoms with E-state index in [0.29, 0.717) is 0 Å². The summed E-state index contributed by atoms with van der Waals surface area (Å²) in [6.07, 6.45) is -15.5. The highest BCUT2D eigenvalue weighted by atomic mass is 19.4. The highest BCUT2D eigenvalue weighted by molar-refractivity contribution is 5.62. The summed E-state index contributed by atoms with van der Waals surface area (Å²) in [6, 6.07) is 0. The van der Waals surface area contributed by atoms with E-state index in [1.165, 1.54) is 0 Å². The van der Waals surface area contributed by atoms with E-state index in [-0.39, 0.29) is 0 Å². The van der Waals surface area contributed by atoms with E-state index < -0.39 is 65.6 Å². The summed E-state index contributed by atoms with van der Waals surface area (Å²) in [4.78, 5) is 9.00. The Bertz CT molecular complexity index is 725. The average Bonchev–Trinajstić information content (AvgIpc) is 2.57. The zero-order valence-electron chi connectivity index (χ0n) is 15.7. The summed E-state index contributed by atoms with van der Waals surface area (Å²) in [5.74, 6) is -71.7. The first-order valence-corrected chi connectivity index (χ1v) is 7.37. The van der Waals surface area contributed by atoms with Crippen LogP contribution < -0.4 is 0 Å². The first-order valence-electron chi connectivity index (χ1n) is 7.37. The van der Waals surface area contributed by atoms with Crippen LogP contribution in [0.25, 0.3) is 0 Å². The Hall–Kier alpha value is -2.04. The number of hydrogen-bond donors (Lipinski definition) is 2. The Morgan fingerprint density at radius 1 is 0.417 bits per heavy atom. The lowest BCUT2D eigenvalue weighted by Gasteiger charge is -2.44. The van der Waals surface area contributed by atoms with Crippen molar-refractivity contribution in [2.75, 3.05) is 0 Å². The van der Waals surface area contributed by atoms with E-state index in [1.807, 2.05) is 0 Å². The van der Waals surface area contributed by atoms with Gasteiger partial charge >= 0.3 is 59.7 Å². The summed E-state index contributed by atoms with van der Waals surface area (Å²) in [7, 11) is 0. The second kappa shape index (κ2) is 9.06. The van der Waals surface area contributed by atoms with Gasteiger partial charge < -0.3 is 10.2 Å². The molecule has 0 saturated carbocycles. The second-order valence-corrected chi connectivity index (χ2v) is 6.15. The van der Waals surface area contributed by atoms with Crippen LogP contribution in [0, 0.1) is 0 Å². The molecule has 0 heterocycles. The molecule has 3 nitrogen and oxygen atoms in total. The van der Waals surface area contributed by atoms with Crippen molar-refractivity contribution in [1.82, 2.24) is 0 Å². The van der Waals surface area contributed by atoms with Crippen molar-refractivity contribution in [3.05, 3.63) is 0 Å². The smallest absolute Gasteiger partial charge is 0.460 e. The SMILES string of the molecule is CC(=O)O.OC(F)(F)C(F)(F)C(F)(F)C(F)(F)C(F)(F)C(F)(F)C(F)(F)C(F)(F)C(F)(F)C(F)(F)F. The van der Waals surface area contributed by atoms with Crippen LogP contribution in [-0.4, -0.2) is 75.8 Å². The van der Waals surface area contributed by atoms with Crippen LogP contribution in [0.2, 0.25) is 0 Å². The lowest BCUT2D eigenvalue weighted by atomic mass is 9.87. The fraction of sp³-hybridized carbons (Fsp3) is 0.917. The topological polar surface area (TPSA) is 57.5 Å². The van der Waals surface area contributed by atoms with Gasteiger partial charge in [-0.15, -0.1) is 0 Å². The van der Waals surface area contributed by atoms with Gasteiger partial charge in [-0.1, -0.05) is 0 Å². The van der Waals surface area contributed by atoms with Gasteiger partial charge in [0.15, 0.2) is 0 Å². The van der Waals surface area contributed by atoms with Gasteiger partial charge in [-0.05, 0) is 0 Å². The maximum Gasteiger partial charge on any atom is 0.460 e. The third-order valence-corrected chi connectivity index (χ3v) is 3.49. The van der Waals surface area contributed by atoms with Crippen LogP contribution >= 0.6 is 0 Å². The molecule has 0 atom stereocenters. The quantitative estimate of drug-likeness (QED) is 0.324. The number of alkyl halides is 21. The molecule has 0 aliphatic heterocycles. The fourth-order valence-corrected chi connectivity index (χ4v) is 1.55. The van der Waals surface area contributed by atoms with Gasteiger partial charge in [0.2, 0.25) is 0 Å². The van der Waals surface area contributed by atoms with E-state index >= 15 is 0 Å². The Labute approximate surface area is 181 Å². The van der Waals surface area contributed by atoms with Crippen LogP contribution in [-0.2, 0) is 4.79 Å². The molecular formula is C12H5F21O3. The molecule has 0 aliphatic carbocycles. The third kappa shape index (κ3) is 4.91. The molecule has 0 unspecified atom stereocenters. The molecule has 2 N–H and O–H groups in total. The molecule has 0 radical (unpaired) electrons. The van der Waals surface area contributed by atoms with Crippen LogP contribution in [0.4, 0.5) is 92.2 Å². The minimum Gasteiger partial charge on any atom is -0.481 e. The summed E-state index contributed by atoms with van der Waals surface area (Å²) in [5, 5.41) is 14.8. The molecule has 0 aliphatic rings. The predicted octanol–water partition coefficient (Wildman–Crippen LogP) is 6.31. The normalized spacial score (nSPS) is 15.9. The fourth-order valence-electron chi connectivity index (χ4n) is 1.55. The minimum atomic E-state index is -9.20. The Morgan fingerprint density at radius 2 is 0.556 bits per heavy atom. The van der Waals surface area contributed by atoms with Crippen molar-refractivity contribution in [3.63, 3.8) is 0 Å². The maximum atomic E-state index is 13.1. The molecule has 0 saturated heterocycles. The number of rotatable bonds is 8. The number of hydrogen-bond acceptors (Lipinski definition) is 2. The molecule has 0 aromatic heterocycles.